The van der Waals surface area contributed by atoms with Crippen molar-refractivity contribution in [3.8, 4) is 5.75 Å². The quantitative estimate of drug-likeness (QED) is 0.816. The van der Waals surface area contributed by atoms with E-state index in [0.29, 0.717) is 16.3 Å². The molecule has 0 aromatic heterocycles. The largest absolute Gasteiger partial charge is 0.435 e. The van der Waals surface area contributed by atoms with Gasteiger partial charge in [-0.05, 0) is 42.5 Å². The third-order valence-electron chi connectivity index (χ3n) is 4.51. The van der Waals surface area contributed by atoms with Gasteiger partial charge in [-0.15, -0.1) is 0 Å². The molecule has 0 bridgehead atoms. The minimum atomic E-state index is -2.90. The number of nitrogens with zero attached hydrogens (tertiary/aromatic N) is 1. The lowest BCUT2D eigenvalue weighted by Crippen LogP contribution is -3.12. The van der Waals surface area contributed by atoms with Crippen molar-refractivity contribution in [2.45, 2.75) is 6.61 Å². The van der Waals surface area contributed by atoms with E-state index >= 15 is 0 Å². The number of hydrogen-bond acceptors (Lipinski definition) is 3. The molecule has 1 heterocycles. The second kappa shape index (κ2) is 8.54. The number of carbonyl (C=O) groups is 1. The van der Waals surface area contributed by atoms with Crippen molar-refractivity contribution in [1.29, 1.82) is 0 Å². The molecule has 0 aliphatic carbocycles. The summed E-state index contributed by atoms with van der Waals surface area (Å²) in [6, 6.07) is 11.0. The van der Waals surface area contributed by atoms with Crippen molar-refractivity contribution < 1.29 is 23.2 Å². The van der Waals surface area contributed by atoms with Crippen LogP contribution in [0.2, 0.25) is 5.02 Å². The molecule has 0 atom stereocenters. The van der Waals surface area contributed by atoms with E-state index < -0.39 is 6.61 Å². The van der Waals surface area contributed by atoms with Crippen LogP contribution in [0, 0.1) is 0 Å². The van der Waals surface area contributed by atoms with Crippen molar-refractivity contribution in [1.82, 2.24) is 0 Å². The van der Waals surface area contributed by atoms with Crippen LogP contribution in [0.15, 0.2) is 42.5 Å². The zero-order chi connectivity index (χ0) is 19.4. The molecule has 0 radical (unpaired) electrons. The first-order valence-corrected chi connectivity index (χ1v) is 9.02. The minimum absolute atomic E-state index is 0.00457. The Morgan fingerprint density at radius 3 is 2.48 bits per heavy atom. The summed E-state index contributed by atoms with van der Waals surface area (Å²) < 4.78 is 28.8. The molecule has 0 spiro atoms. The fraction of sp³-hybridized carbons (Fsp3) is 0.316. The number of carbonyl (C=O) groups excluding carboxylic acids is 1. The molecule has 2 aromatic carbocycles. The highest BCUT2D eigenvalue weighted by Crippen LogP contribution is 2.30. The van der Waals surface area contributed by atoms with Gasteiger partial charge in [0.1, 0.15) is 5.75 Å². The number of likely N-dealkylation sites (N-methyl/N-ethyl adjacent to an activating group) is 1. The Hall–Kier alpha value is -2.38. The molecular weight excluding hydrogens is 376 g/mol. The summed E-state index contributed by atoms with van der Waals surface area (Å²) in [6.45, 7) is 0.902. The number of piperazine rings is 1. The lowest BCUT2D eigenvalue weighted by molar-refractivity contribution is -0.880. The summed E-state index contributed by atoms with van der Waals surface area (Å²) in [5, 5.41) is 3.40. The summed E-state index contributed by atoms with van der Waals surface area (Å²) in [5.41, 5.74) is 1.88. The lowest BCUT2D eigenvalue weighted by Gasteiger charge is -2.33. The first-order chi connectivity index (χ1) is 12.9. The lowest BCUT2D eigenvalue weighted by atomic mass is 10.1. The Morgan fingerprint density at radius 2 is 1.85 bits per heavy atom. The first-order valence-electron chi connectivity index (χ1n) is 8.64. The predicted octanol–water partition coefficient (Wildman–Crippen LogP) is 2.53. The SMILES string of the molecule is C[NH+]1CCN(c2ccc(Cl)cc2NC(=O)c2ccc(OC(F)F)cc2)CC1. The van der Waals surface area contributed by atoms with E-state index in [9.17, 15) is 13.6 Å². The van der Waals surface area contributed by atoms with Crippen LogP contribution in [0.25, 0.3) is 0 Å². The molecule has 5 nitrogen and oxygen atoms in total. The van der Waals surface area contributed by atoms with E-state index in [1.807, 2.05) is 6.07 Å². The zero-order valence-electron chi connectivity index (χ0n) is 14.8. The van der Waals surface area contributed by atoms with E-state index in [-0.39, 0.29) is 11.7 Å². The fourth-order valence-electron chi connectivity index (χ4n) is 3.00. The van der Waals surface area contributed by atoms with Gasteiger partial charge in [-0.1, -0.05) is 11.6 Å². The minimum Gasteiger partial charge on any atom is -0.435 e. The van der Waals surface area contributed by atoms with Crippen molar-refractivity contribution in [2.24, 2.45) is 0 Å². The molecule has 1 amide bonds. The van der Waals surface area contributed by atoms with E-state index in [4.69, 9.17) is 11.6 Å². The Labute approximate surface area is 161 Å². The Morgan fingerprint density at radius 1 is 1.19 bits per heavy atom. The molecule has 1 fully saturated rings. The first kappa shape index (κ1) is 19.4. The normalized spacial score (nSPS) is 15.1. The van der Waals surface area contributed by atoms with Crippen LogP contribution in [-0.2, 0) is 0 Å². The molecular formula is C19H21ClF2N3O2+. The molecule has 144 valence electrons. The highest BCUT2D eigenvalue weighted by atomic mass is 35.5. The average Bonchev–Trinajstić information content (AvgIpc) is 2.63. The van der Waals surface area contributed by atoms with Crippen LogP contribution in [0.4, 0.5) is 20.2 Å². The van der Waals surface area contributed by atoms with E-state index in [2.05, 4.69) is 22.0 Å². The van der Waals surface area contributed by atoms with Crippen LogP contribution in [-0.4, -0.2) is 45.7 Å². The maximum Gasteiger partial charge on any atom is 0.387 e. The van der Waals surface area contributed by atoms with Gasteiger partial charge in [0.05, 0.1) is 44.6 Å². The van der Waals surface area contributed by atoms with Crippen molar-refractivity contribution in [2.75, 3.05) is 43.4 Å². The van der Waals surface area contributed by atoms with Crippen molar-refractivity contribution in [3.05, 3.63) is 53.1 Å². The van der Waals surface area contributed by atoms with Crippen LogP contribution >= 0.6 is 11.6 Å². The number of benzene rings is 2. The van der Waals surface area contributed by atoms with E-state index in [1.165, 1.54) is 29.2 Å². The highest BCUT2D eigenvalue weighted by Gasteiger charge is 2.20. The number of anilines is 2. The predicted molar refractivity (Wildman–Crippen MR) is 101 cm³/mol. The van der Waals surface area contributed by atoms with Gasteiger partial charge in [0.25, 0.3) is 5.91 Å². The zero-order valence-corrected chi connectivity index (χ0v) is 15.6. The second-order valence-corrected chi connectivity index (χ2v) is 6.90. The Balaban J connectivity index is 1.76. The van der Waals surface area contributed by atoms with Crippen LogP contribution in [0.3, 0.4) is 0 Å². The van der Waals surface area contributed by atoms with Gasteiger partial charge in [-0.3, -0.25) is 4.79 Å². The standard InChI is InChI=1S/C19H20ClF2N3O2/c1-24-8-10-25(11-9-24)17-7-4-14(20)12-16(17)23-18(26)13-2-5-15(6-3-13)27-19(21)22/h2-7,12,19H,8-11H2,1H3,(H,23,26)/p+1. The van der Waals surface area contributed by atoms with Gasteiger partial charge in [-0.2, -0.15) is 8.78 Å². The summed E-state index contributed by atoms with van der Waals surface area (Å²) in [6.07, 6.45) is 0. The summed E-state index contributed by atoms with van der Waals surface area (Å²) in [5.74, 6) is -0.341. The molecule has 0 unspecified atom stereocenters. The highest BCUT2D eigenvalue weighted by molar-refractivity contribution is 6.31. The monoisotopic (exact) mass is 396 g/mol. The third-order valence-corrected chi connectivity index (χ3v) is 4.74. The summed E-state index contributed by atoms with van der Waals surface area (Å²) in [4.78, 5) is 16.3. The maximum atomic E-state index is 12.6. The second-order valence-electron chi connectivity index (χ2n) is 6.46. The number of rotatable bonds is 5. The van der Waals surface area contributed by atoms with Crippen LogP contribution in [0.5, 0.6) is 5.75 Å². The van der Waals surface area contributed by atoms with Gasteiger partial charge in [0.2, 0.25) is 0 Å². The molecule has 1 aliphatic heterocycles. The molecule has 27 heavy (non-hydrogen) atoms. The van der Waals surface area contributed by atoms with Gasteiger partial charge in [0, 0.05) is 10.6 Å². The molecule has 1 aliphatic rings. The number of nitrogens with one attached hydrogen (secondary N) is 2. The van der Waals surface area contributed by atoms with Gasteiger partial charge in [0.15, 0.2) is 0 Å². The third kappa shape index (κ3) is 5.08. The number of amides is 1. The van der Waals surface area contributed by atoms with Crippen LogP contribution < -0.4 is 19.9 Å². The fourth-order valence-corrected chi connectivity index (χ4v) is 3.17. The smallest absolute Gasteiger partial charge is 0.387 e. The Kier molecular flexibility index (Phi) is 6.13. The van der Waals surface area contributed by atoms with E-state index in [0.717, 1.165) is 31.9 Å². The summed E-state index contributed by atoms with van der Waals surface area (Å²) in [7, 11) is 2.16. The number of ether oxygens (including phenoxy) is 1. The maximum absolute atomic E-state index is 12.6. The average molecular weight is 397 g/mol. The molecule has 3 rings (SSSR count). The number of quaternary nitrogens is 1. The van der Waals surface area contributed by atoms with Gasteiger partial charge in [-0.25, -0.2) is 0 Å². The topological polar surface area (TPSA) is 46.0 Å². The molecule has 2 N–H and O–H groups in total. The number of hydrogen-bond donors (Lipinski definition) is 2. The molecule has 8 heteroatoms. The number of alkyl halides is 2. The van der Waals surface area contributed by atoms with Gasteiger partial charge < -0.3 is 19.9 Å². The molecule has 2 aromatic rings. The van der Waals surface area contributed by atoms with Crippen molar-refractivity contribution in [3.63, 3.8) is 0 Å². The van der Waals surface area contributed by atoms with Crippen molar-refractivity contribution >= 4 is 28.9 Å². The molecule has 1 saturated heterocycles. The van der Waals surface area contributed by atoms with Crippen LogP contribution in [0.1, 0.15) is 10.4 Å². The van der Waals surface area contributed by atoms with Gasteiger partial charge >= 0.3 is 6.61 Å². The summed E-state index contributed by atoms with van der Waals surface area (Å²) >= 11 is 6.12. The number of halogens is 3. The molecule has 0 saturated carbocycles. The Bertz CT molecular complexity index is 794. The van der Waals surface area contributed by atoms with E-state index in [1.54, 1.807) is 12.1 Å².